The molecular formula is C14H9BrF2O2. The second-order valence-electron chi connectivity index (χ2n) is 3.81. The quantitative estimate of drug-likeness (QED) is 0.627. The Morgan fingerprint density at radius 1 is 1.11 bits per heavy atom. The van der Waals surface area contributed by atoms with E-state index < -0.39 is 17.6 Å². The number of halogens is 3. The fraction of sp³-hybridized carbons (Fsp3) is 0.0714. The zero-order valence-electron chi connectivity index (χ0n) is 9.70. The van der Waals surface area contributed by atoms with Crippen molar-refractivity contribution in [2.45, 2.75) is 6.61 Å². The molecule has 0 amide bonds. The van der Waals surface area contributed by atoms with Crippen molar-refractivity contribution in [2.24, 2.45) is 0 Å². The molecule has 0 saturated heterocycles. The lowest BCUT2D eigenvalue weighted by atomic mass is 10.2. The number of ether oxygens (including phenoxy) is 1. The highest BCUT2D eigenvalue weighted by atomic mass is 79.9. The highest BCUT2D eigenvalue weighted by Gasteiger charge is 2.15. The van der Waals surface area contributed by atoms with Crippen LogP contribution >= 0.6 is 15.9 Å². The van der Waals surface area contributed by atoms with Gasteiger partial charge in [-0.15, -0.1) is 0 Å². The molecule has 0 atom stereocenters. The number of carbonyl (C=O) groups excluding carboxylic acids is 1. The molecule has 0 aliphatic carbocycles. The maximum atomic E-state index is 13.1. The van der Waals surface area contributed by atoms with Crippen molar-refractivity contribution in [2.75, 3.05) is 0 Å². The van der Waals surface area contributed by atoms with Gasteiger partial charge < -0.3 is 4.74 Å². The third-order valence-electron chi connectivity index (χ3n) is 2.44. The molecule has 0 radical (unpaired) electrons. The molecule has 2 rings (SSSR count). The predicted octanol–water partition coefficient (Wildman–Crippen LogP) is 4.08. The number of hydrogen-bond acceptors (Lipinski definition) is 2. The molecule has 0 heterocycles. The van der Waals surface area contributed by atoms with Crippen LogP contribution < -0.4 is 0 Å². The fourth-order valence-electron chi connectivity index (χ4n) is 1.48. The van der Waals surface area contributed by atoms with Crippen LogP contribution in [0.15, 0.2) is 46.9 Å². The SMILES string of the molecule is O=C(OCc1ccccc1)c1cc(F)c(F)cc1Br. The van der Waals surface area contributed by atoms with Crippen molar-refractivity contribution in [1.29, 1.82) is 0 Å². The van der Waals surface area contributed by atoms with Gasteiger partial charge in [0.15, 0.2) is 11.6 Å². The Morgan fingerprint density at radius 2 is 1.74 bits per heavy atom. The number of carbonyl (C=O) groups is 1. The van der Waals surface area contributed by atoms with Crippen LogP contribution in [0.2, 0.25) is 0 Å². The smallest absolute Gasteiger partial charge is 0.339 e. The van der Waals surface area contributed by atoms with Gasteiger partial charge in [0.1, 0.15) is 6.61 Å². The van der Waals surface area contributed by atoms with Crippen molar-refractivity contribution in [3.8, 4) is 0 Å². The maximum Gasteiger partial charge on any atom is 0.339 e. The third-order valence-corrected chi connectivity index (χ3v) is 3.10. The molecule has 0 bridgehead atoms. The van der Waals surface area contributed by atoms with Gasteiger partial charge in [-0.3, -0.25) is 0 Å². The summed E-state index contributed by atoms with van der Waals surface area (Å²) in [6.45, 7) is 0.0745. The molecule has 0 spiro atoms. The van der Waals surface area contributed by atoms with Crippen LogP contribution in [-0.2, 0) is 11.3 Å². The molecule has 5 heteroatoms. The molecule has 0 aliphatic heterocycles. The van der Waals surface area contributed by atoms with Gasteiger partial charge in [0.25, 0.3) is 0 Å². The van der Waals surface area contributed by atoms with Gasteiger partial charge in [0, 0.05) is 4.47 Å². The Morgan fingerprint density at radius 3 is 2.42 bits per heavy atom. The Kier molecular flexibility index (Phi) is 4.27. The second kappa shape index (κ2) is 5.93. The Labute approximate surface area is 117 Å². The van der Waals surface area contributed by atoms with E-state index in [0.717, 1.165) is 17.7 Å². The molecule has 0 N–H and O–H groups in total. The molecule has 2 aromatic rings. The fourth-order valence-corrected chi connectivity index (χ4v) is 1.96. The highest BCUT2D eigenvalue weighted by molar-refractivity contribution is 9.10. The lowest BCUT2D eigenvalue weighted by Crippen LogP contribution is -2.07. The molecule has 2 aromatic carbocycles. The standard InChI is InChI=1S/C14H9BrF2O2/c15-11-7-13(17)12(16)6-10(11)14(18)19-8-9-4-2-1-3-5-9/h1-7H,8H2. The monoisotopic (exact) mass is 326 g/mol. The van der Waals surface area contributed by atoms with Crippen LogP contribution in [-0.4, -0.2) is 5.97 Å². The summed E-state index contributed by atoms with van der Waals surface area (Å²) in [5, 5.41) is 0. The van der Waals surface area contributed by atoms with Gasteiger partial charge in [-0.2, -0.15) is 0 Å². The molecule has 2 nitrogen and oxygen atoms in total. The van der Waals surface area contributed by atoms with Crippen molar-refractivity contribution in [3.63, 3.8) is 0 Å². The average Bonchev–Trinajstić information content (AvgIpc) is 2.41. The maximum absolute atomic E-state index is 13.1. The molecular weight excluding hydrogens is 318 g/mol. The van der Waals surface area contributed by atoms with E-state index in [9.17, 15) is 13.6 Å². The summed E-state index contributed by atoms with van der Waals surface area (Å²) in [5.41, 5.74) is 0.768. The van der Waals surface area contributed by atoms with Crippen LogP contribution in [0.3, 0.4) is 0 Å². The minimum atomic E-state index is -1.09. The first-order valence-electron chi connectivity index (χ1n) is 5.43. The summed E-state index contributed by atoms with van der Waals surface area (Å²) >= 11 is 3.00. The number of esters is 1. The number of hydrogen-bond donors (Lipinski definition) is 0. The van der Waals surface area contributed by atoms with Crippen molar-refractivity contribution < 1.29 is 18.3 Å². The minimum absolute atomic E-state index is 0.0465. The molecule has 0 unspecified atom stereocenters. The van der Waals surface area contributed by atoms with Gasteiger partial charge >= 0.3 is 5.97 Å². The van der Waals surface area contributed by atoms with Gasteiger partial charge in [-0.05, 0) is 33.6 Å². The summed E-state index contributed by atoms with van der Waals surface area (Å²) in [5.74, 6) is -2.82. The van der Waals surface area contributed by atoms with Crippen molar-refractivity contribution in [3.05, 3.63) is 69.7 Å². The van der Waals surface area contributed by atoms with Gasteiger partial charge in [-0.1, -0.05) is 30.3 Å². The normalized spacial score (nSPS) is 10.3. The lowest BCUT2D eigenvalue weighted by molar-refractivity contribution is 0.0471. The summed E-state index contributed by atoms with van der Waals surface area (Å²) in [6, 6.07) is 10.8. The van der Waals surface area contributed by atoms with E-state index in [4.69, 9.17) is 4.74 Å². The van der Waals surface area contributed by atoms with Crippen LogP contribution in [0.25, 0.3) is 0 Å². The molecule has 0 aliphatic rings. The average molecular weight is 327 g/mol. The molecule has 0 aromatic heterocycles. The van der Waals surface area contributed by atoms with E-state index in [1.54, 1.807) is 12.1 Å². The molecule has 0 saturated carbocycles. The summed E-state index contributed by atoms with van der Waals surface area (Å²) in [6.07, 6.45) is 0. The van der Waals surface area contributed by atoms with Crippen LogP contribution in [0.5, 0.6) is 0 Å². The summed E-state index contributed by atoms with van der Waals surface area (Å²) in [4.78, 5) is 11.8. The van der Waals surface area contributed by atoms with E-state index in [1.807, 2.05) is 18.2 Å². The largest absolute Gasteiger partial charge is 0.457 e. The molecule has 19 heavy (non-hydrogen) atoms. The van der Waals surface area contributed by atoms with E-state index in [2.05, 4.69) is 15.9 Å². The van der Waals surface area contributed by atoms with Gasteiger partial charge in [0.05, 0.1) is 5.56 Å². The van der Waals surface area contributed by atoms with Crippen molar-refractivity contribution >= 4 is 21.9 Å². The molecule has 0 fully saturated rings. The Hall–Kier alpha value is -1.75. The van der Waals surface area contributed by atoms with Crippen LogP contribution in [0, 0.1) is 11.6 Å². The van der Waals surface area contributed by atoms with E-state index in [1.165, 1.54) is 0 Å². The third kappa shape index (κ3) is 3.38. The van der Waals surface area contributed by atoms with E-state index >= 15 is 0 Å². The topological polar surface area (TPSA) is 26.3 Å². The predicted molar refractivity (Wildman–Crippen MR) is 69.6 cm³/mol. The van der Waals surface area contributed by atoms with Crippen LogP contribution in [0.1, 0.15) is 15.9 Å². The highest BCUT2D eigenvalue weighted by Crippen LogP contribution is 2.21. The number of rotatable bonds is 3. The zero-order chi connectivity index (χ0) is 13.8. The summed E-state index contributed by atoms with van der Waals surface area (Å²) in [7, 11) is 0. The first-order valence-corrected chi connectivity index (χ1v) is 6.23. The Balaban J connectivity index is 2.10. The van der Waals surface area contributed by atoms with Gasteiger partial charge in [-0.25, -0.2) is 13.6 Å². The minimum Gasteiger partial charge on any atom is -0.457 e. The first kappa shape index (κ1) is 13.7. The number of benzene rings is 2. The van der Waals surface area contributed by atoms with Crippen molar-refractivity contribution in [1.82, 2.24) is 0 Å². The first-order chi connectivity index (χ1) is 9.08. The van der Waals surface area contributed by atoms with E-state index in [-0.39, 0.29) is 16.6 Å². The van der Waals surface area contributed by atoms with Gasteiger partial charge in [0.2, 0.25) is 0 Å². The molecule has 98 valence electrons. The van der Waals surface area contributed by atoms with Crippen LogP contribution in [0.4, 0.5) is 8.78 Å². The van der Waals surface area contributed by atoms with E-state index in [0.29, 0.717) is 0 Å². The zero-order valence-corrected chi connectivity index (χ0v) is 11.3. The summed E-state index contributed by atoms with van der Waals surface area (Å²) < 4.78 is 31.2. The lowest BCUT2D eigenvalue weighted by Gasteiger charge is -2.07. The second-order valence-corrected chi connectivity index (χ2v) is 4.66. The Bertz CT molecular complexity index is 600.